The summed E-state index contributed by atoms with van der Waals surface area (Å²) in [5, 5.41) is 4.29. The predicted molar refractivity (Wildman–Crippen MR) is 123 cm³/mol. The smallest absolute Gasteiger partial charge is 0.170 e. The van der Waals surface area contributed by atoms with Gasteiger partial charge in [0, 0.05) is 36.9 Å². The van der Waals surface area contributed by atoms with Crippen LogP contribution in [0.4, 0.5) is 0 Å². The van der Waals surface area contributed by atoms with Crippen LogP contribution in [0.5, 0.6) is 5.75 Å². The first kappa shape index (κ1) is 20.4. The SMILES string of the molecule is COc1ccc(-n2cccc2[C@H]2[C@@H](c3ccccn3)NC(=S)N2CCN(C)C)cc1. The van der Waals surface area contributed by atoms with Crippen LogP contribution in [0.25, 0.3) is 5.69 Å². The summed E-state index contributed by atoms with van der Waals surface area (Å²) in [6, 6.07) is 18.4. The molecular formula is C23H27N5OS. The molecule has 1 fully saturated rings. The lowest BCUT2D eigenvalue weighted by Crippen LogP contribution is -2.36. The van der Waals surface area contributed by atoms with Crippen LogP contribution in [-0.4, -0.2) is 58.8 Å². The summed E-state index contributed by atoms with van der Waals surface area (Å²) < 4.78 is 7.54. The number of likely N-dealkylation sites (N-methyl/N-ethyl adjacent to an activating group) is 1. The van der Waals surface area contributed by atoms with E-state index in [2.05, 4.69) is 75.3 Å². The third kappa shape index (κ3) is 4.04. The van der Waals surface area contributed by atoms with Gasteiger partial charge in [0.1, 0.15) is 5.75 Å². The summed E-state index contributed by atoms with van der Waals surface area (Å²) in [6.45, 7) is 1.75. The number of benzene rings is 1. The molecule has 1 aliphatic heterocycles. The molecule has 7 heteroatoms. The minimum absolute atomic E-state index is 0.0206. The summed E-state index contributed by atoms with van der Waals surface area (Å²) in [5.41, 5.74) is 3.24. The van der Waals surface area contributed by atoms with Crippen molar-refractivity contribution in [1.82, 2.24) is 24.7 Å². The highest BCUT2D eigenvalue weighted by Gasteiger charge is 2.41. The van der Waals surface area contributed by atoms with Crippen molar-refractivity contribution < 1.29 is 4.74 Å². The van der Waals surface area contributed by atoms with E-state index < -0.39 is 0 Å². The largest absolute Gasteiger partial charge is 0.497 e. The zero-order valence-corrected chi connectivity index (χ0v) is 18.3. The molecule has 0 aliphatic carbocycles. The first-order valence-corrected chi connectivity index (χ1v) is 10.4. The van der Waals surface area contributed by atoms with Gasteiger partial charge in [-0.2, -0.15) is 0 Å². The summed E-state index contributed by atoms with van der Waals surface area (Å²) in [7, 11) is 5.84. The molecule has 1 N–H and O–H groups in total. The molecule has 0 radical (unpaired) electrons. The van der Waals surface area contributed by atoms with E-state index in [0.29, 0.717) is 0 Å². The van der Waals surface area contributed by atoms with E-state index in [-0.39, 0.29) is 12.1 Å². The Morgan fingerprint density at radius 2 is 1.90 bits per heavy atom. The molecule has 6 nitrogen and oxygen atoms in total. The number of aromatic nitrogens is 2. The molecule has 0 amide bonds. The van der Waals surface area contributed by atoms with E-state index in [1.54, 1.807) is 7.11 Å². The van der Waals surface area contributed by atoms with E-state index in [1.165, 1.54) is 5.69 Å². The second-order valence-corrected chi connectivity index (χ2v) is 8.01. The summed E-state index contributed by atoms with van der Waals surface area (Å²) in [6.07, 6.45) is 3.93. The Balaban J connectivity index is 1.75. The number of pyridine rings is 1. The Morgan fingerprint density at radius 3 is 2.57 bits per heavy atom. The third-order valence-corrected chi connectivity index (χ3v) is 5.77. The van der Waals surface area contributed by atoms with Crippen molar-refractivity contribution >= 4 is 17.3 Å². The molecule has 156 valence electrons. The average molecular weight is 422 g/mol. The molecule has 2 aromatic heterocycles. The normalized spacial score (nSPS) is 18.7. The van der Waals surface area contributed by atoms with E-state index in [0.717, 1.165) is 35.3 Å². The van der Waals surface area contributed by atoms with Crippen LogP contribution in [-0.2, 0) is 0 Å². The van der Waals surface area contributed by atoms with Gasteiger partial charge in [0.2, 0.25) is 0 Å². The minimum Gasteiger partial charge on any atom is -0.497 e. The quantitative estimate of drug-likeness (QED) is 0.590. The standard InChI is InChI=1S/C23H27N5OS/c1-26(2)15-16-28-22(21(25-23(28)30)19-7-4-5-13-24-19)20-8-6-14-27(20)17-9-11-18(29-3)12-10-17/h4-14,21-22H,15-16H2,1-3H3,(H,25,30)/t21-,22+/m1/s1. The Labute approximate surface area is 183 Å². The number of hydrogen-bond donors (Lipinski definition) is 1. The van der Waals surface area contributed by atoms with Crippen LogP contribution in [0.2, 0.25) is 0 Å². The number of thiocarbonyl (C=S) groups is 1. The van der Waals surface area contributed by atoms with Gasteiger partial charge in [-0.1, -0.05) is 6.07 Å². The Morgan fingerprint density at radius 1 is 1.10 bits per heavy atom. The third-order valence-electron chi connectivity index (χ3n) is 5.42. The maximum Gasteiger partial charge on any atom is 0.170 e. The highest BCUT2D eigenvalue weighted by molar-refractivity contribution is 7.80. The maximum atomic E-state index is 5.76. The molecule has 3 aromatic rings. The van der Waals surface area contributed by atoms with Crippen molar-refractivity contribution in [1.29, 1.82) is 0 Å². The fourth-order valence-corrected chi connectivity index (χ4v) is 4.22. The molecular weight excluding hydrogens is 394 g/mol. The second kappa shape index (κ2) is 8.85. The van der Waals surface area contributed by atoms with Gasteiger partial charge in [-0.05, 0) is 74.8 Å². The molecule has 1 aromatic carbocycles. The van der Waals surface area contributed by atoms with Crippen LogP contribution in [0.1, 0.15) is 23.5 Å². The number of hydrogen-bond acceptors (Lipinski definition) is 4. The van der Waals surface area contributed by atoms with Crippen molar-refractivity contribution in [2.75, 3.05) is 34.3 Å². The Kier molecular flexibility index (Phi) is 6.01. The fraction of sp³-hybridized carbons (Fsp3) is 0.304. The van der Waals surface area contributed by atoms with Crippen LogP contribution in [0, 0.1) is 0 Å². The molecule has 4 rings (SSSR count). The number of nitrogens with one attached hydrogen (secondary N) is 1. The van der Waals surface area contributed by atoms with Gasteiger partial charge in [-0.3, -0.25) is 4.98 Å². The molecule has 0 saturated carbocycles. The summed E-state index contributed by atoms with van der Waals surface area (Å²) in [5.74, 6) is 0.843. The second-order valence-electron chi connectivity index (χ2n) is 7.62. The van der Waals surface area contributed by atoms with Crippen LogP contribution < -0.4 is 10.1 Å². The number of ether oxygens (including phenoxy) is 1. The zero-order chi connectivity index (χ0) is 21.1. The monoisotopic (exact) mass is 421 g/mol. The topological polar surface area (TPSA) is 45.6 Å². The lowest BCUT2D eigenvalue weighted by atomic mass is 10.0. The maximum absolute atomic E-state index is 5.76. The highest BCUT2D eigenvalue weighted by Crippen LogP contribution is 2.39. The molecule has 0 spiro atoms. The molecule has 0 unspecified atom stereocenters. The van der Waals surface area contributed by atoms with Crippen molar-refractivity contribution in [3.8, 4) is 11.4 Å². The molecule has 3 heterocycles. The van der Waals surface area contributed by atoms with Gasteiger partial charge >= 0.3 is 0 Å². The molecule has 2 atom stereocenters. The van der Waals surface area contributed by atoms with Crippen LogP contribution in [0.3, 0.4) is 0 Å². The van der Waals surface area contributed by atoms with Crippen molar-refractivity contribution in [3.63, 3.8) is 0 Å². The van der Waals surface area contributed by atoms with Gasteiger partial charge < -0.3 is 24.4 Å². The van der Waals surface area contributed by atoms with Crippen molar-refractivity contribution in [2.24, 2.45) is 0 Å². The molecule has 30 heavy (non-hydrogen) atoms. The lowest BCUT2D eigenvalue weighted by molar-refractivity contribution is 0.272. The number of nitrogens with zero attached hydrogens (tertiary/aromatic N) is 4. The van der Waals surface area contributed by atoms with E-state index >= 15 is 0 Å². The van der Waals surface area contributed by atoms with E-state index in [9.17, 15) is 0 Å². The summed E-state index contributed by atoms with van der Waals surface area (Å²) >= 11 is 5.76. The summed E-state index contributed by atoms with van der Waals surface area (Å²) in [4.78, 5) is 9.08. The van der Waals surface area contributed by atoms with Gasteiger partial charge in [0.25, 0.3) is 0 Å². The van der Waals surface area contributed by atoms with Crippen molar-refractivity contribution in [3.05, 3.63) is 78.4 Å². The predicted octanol–water partition coefficient (Wildman–Crippen LogP) is 3.42. The van der Waals surface area contributed by atoms with Crippen molar-refractivity contribution in [2.45, 2.75) is 12.1 Å². The Bertz CT molecular complexity index is 986. The van der Waals surface area contributed by atoms with Gasteiger partial charge in [-0.15, -0.1) is 0 Å². The van der Waals surface area contributed by atoms with Gasteiger partial charge in [0.05, 0.1) is 24.9 Å². The van der Waals surface area contributed by atoms with Crippen LogP contribution >= 0.6 is 12.2 Å². The van der Waals surface area contributed by atoms with Gasteiger partial charge in [-0.25, -0.2) is 0 Å². The minimum atomic E-state index is -0.0206. The molecule has 0 bridgehead atoms. The molecule has 1 saturated heterocycles. The van der Waals surface area contributed by atoms with E-state index in [4.69, 9.17) is 17.0 Å². The Hall–Kier alpha value is -2.90. The molecule has 1 aliphatic rings. The lowest BCUT2D eigenvalue weighted by Gasteiger charge is -2.29. The fourth-order valence-electron chi connectivity index (χ4n) is 3.89. The first-order chi connectivity index (χ1) is 14.6. The van der Waals surface area contributed by atoms with E-state index in [1.807, 2.05) is 30.5 Å². The zero-order valence-electron chi connectivity index (χ0n) is 17.5. The first-order valence-electron chi connectivity index (χ1n) is 10.0. The van der Waals surface area contributed by atoms with Crippen LogP contribution in [0.15, 0.2) is 67.0 Å². The van der Waals surface area contributed by atoms with Gasteiger partial charge in [0.15, 0.2) is 5.11 Å². The average Bonchev–Trinajstić information content (AvgIpc) is 3.37. The number of rotatable bonds is 7. The number of methoxy groups -OCH3 is 1. The highest BCUT2D eigenvalue weighted by atomic mass is 32.1.